The van der Waals surface area contributed by atoms with E-state index in [0.29, 0.717) is 17.1 Å². The largest absolute Gasteiger partial charge is 0.397 e. The molecule has 16 heavy (non-hydrogen) atoms. The maximum Gasteiger partial charge on any atom is 0.274 e. The van der Waals surface area contributed by atoms with Gasteiger partial charge in [-0.25, -0.2) is 4.98 Å². The molecule has 0 bridgehead atoms. The van der Waals surface area contributed by atoms with E-state index in [-0.39, 0.29) is 5.91 Å². The van der Waals surface area contributed by atoms with E-state index < -0.39 is 0 Å². The van der Waals surface area contributed by atoms with Gasteiger partial charge in [-0.1, -0.05) is 0 Å². The Kier molecular flexibility index (Phi) is 2.77. The molecule has 5 heteroatoms. The molecule has 0 aromatic carbocycles. The number of anilines is 2. The van der Waals surface area contributed by atoms with Crippen LogP contribution in [-0.4, -0.2) is 15.9 Å². The fraction of sp³-hybridized carbons (Fsp3) is 0. The van der Waals surface area contributed by atoms with Crippen molar-refractivity contribution in [2.45, 2.75) is 0 Å². The van der Waals surface area contributed by atoms with E-state index in [9.17, 15) is 4.79 Å². The van der Waals surface area contributed by atoms with Crippen LogP contribution in [0.15, 0.2) is 42.9 Å². The Hall–Kier alpha value is -2.43. The first-order valence-corrected chi connectivity index (χ1v) is 4.68. The number of aromatic nitrogens is 2. The fourth-order valence-corrected chi connectivity index (χ4v) is 1.17. The smallest absolute Gasteiger partial charge is 0.274 e. The summed E-state index contributed by atoms with van der Waals surface area (Å²) < 4.78 is 0. The topological polar surface area (TPSA) is 80.9 Å². The van der Waals surface area contributed by atoms with Gasteiger partial charge in [0, 0.05) is 6.20 Å². The number of carbonyl (C=O) groups is 1. The number of nitrogens with zero attached hydrogens (tertiary/aromatic N) is 2. The number of amides is 1. The molecule has 0 saturated heterocycles. The highest BCUT2D eigenvalue weighted by Crippen LogP contribution is 2.06. The van der Waals surface area contributed by atoms with Crippen LogP contribution in [0, 0.1) is 0 Å². The van der Waals surface area contributed by atoms with Crippen molar-refractivity contribution in [2.75, 3.05) is 11.1 Å². The van der Waals surface area contributed by atoms with Gasteiger partial charge in [0.15, 0.2) is 0 Å². The zero-order chi connectivity index (χ0) is 11.4. The first kappa shape index (κ1) is 10.1. The maximum atomic E-state index is 11.7. The highest BCUT2D eigenvalue weighted by molar-refractivity contribution is 6.02. The number of nitrogens with one attached hydrogen (secondary N) is 1. The Balaban J connectivity index is 2.12. The van der Waals surface area contributed by atoms with Crippen LogP contribution in [0.3, 0.4) is 0 Å². The van der Waals surface area contributed by atoms with Crippen LogP contribution in [0.25, 0.3) is 0 Å². The molecule has 3 N–H and O–H groups in total. The molecule has 0 atom stereocenters. The minimum Gasteiger partial charge on any atom is -0.397 e. The number of pyridine rings is 2. The third kappa shape index (κ3) is 2.33. The Morgan fingerprint density at radius 1 is 1.25 bits per heavy atom. The fourth-order valence-electron chi connectivity index (χ4n) is 1.17. The summed E-state index contributed by atoms with van der Waals surface area (Å²) in [6, 6.07) is 6.69. The van der Waals surface area contributed by atoms with Gasteiger partial charge >= 0.3 is 0 Å². The summed E-state index contributed by atoms with van der Waals surface area (Å²) in [5.74, 6) is -0.284. The predicted molar refractivity (Wildman–Crippen MR) is 60.8 cm³/mol. The summed E-state index contributed by atoms with van der Waals surface area (Å²) in [6.45, 7) is 0. The van der Waals surface area contributed by atoms with Crippen LogP contribution in [0.1, 0.15) is 10.5 Å². The molecule has 2 heterocycles. The molecule has 0 aliphatic rings. The second-order valence-corrected chi connectivity index (χ2v) is 3.17. The van der Waals surface area contributed by atoms with Crippen molar-refractivity contribution in [1.29, 1.82) is 0 Å². The van der Waals surface area contributed by atoms with Crippen molar-refractivity contribution in [1.82, 2.24) is 9.97 Å². The molecule has 5 nitrogen and oxygen atoms in total. The number of nitrogen functional groups attached to an aromatic ring is 1. The number of hydrogen-bond acceptors (Lipinski definition) is 4. The van der Waals surface area contributed by atoms with Crippen molar-refractivity contribution in [3.63, 3.8) is 0 Å². The van der Waals surface area contributed by atoms with Crippen molar-refractivity contribution in [3.05, 3.63) is 48.5 Å². The molecule has 80 valence electrons. The van der Waals surface area contributed by atoms with Crippen molar-refractivity contribution in [2.24, 2.45) is 0 Å². The van der Waals surface area contributed by atoms with Gasteiger partial charge < -0.3 is 11.1 Å². The van der Waals surface area contributed by atoms with Gasteiger partial charge in [-0.3, -0.25) is 9.78 Å². The third-order valence-electron chi connectivity index (χ3n) is 1.94. The molecular weight excluding hydrogens is 204 g/mol. The number of rotatable bonds is 2. The second-order valence-electron chi connectivity index (χ2n) is 3.17. The molecule has 0 aliphatic carbocycles. The lowest BCUT2D eigenvalue weighted by Crippen LogP contribution is -2.13. The van der Waals surface area contributed by atoms with Gasteiger partial charge in [0.2, 0.25) is 0 Å². The Bertz CT molecular complexity index is 481. The molecule has 0 unspecified atom stereocenters. The summed E-state index contributed by atoms with van der Waals surface area (Å²) >= 11 is 0. The molecule has 2 aromatic rings. The first-order valence-electron chi connectivity index (χ1n) is 4.68. The first-order chi connectivity index (χ1) is 7.75. The van der Waals surface area contributed by atoms with Crippen molar-refractivity contribution < 1.29 is 4.79 Å². The maximum absolute atomic E-state index is 11.7. The van der Waals surface area contributed by atoms with Crippen molar-refractivity contribution in [3.8, 4) is 0 Å². The molecule has 2 rings (SSSR count). The SMILES string of the molecule is Nc1ccc(C(=O)Nc2cccnc2)nc1. The van der Waals surface area contributed by atoms with E-state index in [1.807, 2.05) is 0 Å². The predicted octanol–water partition coefficient (Wildman–Crippen LogP) is 1.31. The molecule has 0 spiro atoms. The van der Waals surface area contributed by atoms with E-state index in [4.69, 9.17) is 5.73 Å². The molecule has 0 aliphatic heterocycles. The van der Waals surface area contributed by atoms with E-state index in [0.717, 1.165) is 0 Å². The minimum absolute atomic E-state index is 0.284. The van der Waals surface area contributed by atoms with Gasteiger partial charge in [0.05, 0.1) is 23.8 Å². The van der Waals surface area contributed by atoms with Gasteiger partial charge in [0.1, 0.15) is 5.69 Å². The number of carbonyl (C=O) groups excluding carboxylic acids is 1. The van der Waals surface area contributed by atoms with Crippen LogP contribution in [0.4, 0.5) is 11.4 Å². The molecule has 1 amide bonds. The van der Waals surface area contributed by atoms with Crippen LogP contribution in [-0.2, 0) is 0 Å². The van der Waals surface area contributed by atoms with Crippen LogP contribution in [0.5, 0.6) is 0 Å². The van der Waals surface area contributed by atoms with Gasteiger partial charge in [-0.15, -0.1) is 0 Å². The lowest BCUT2D eigenvalue weighted by atomic mass is 10.3. The van der Waals surface area contributed by atoms with E-state index >= 15 is 0 Å². The lowest BCUT2D eigenvalue weighted by molar-refractivity contribution is 0.102. The van der Waals surface area contributed by atoms with Gasteiger partial charge in [-0.2, -0.15) is 0 Å². The van der Waals surface area contributed by atoms with Crippen LogP contribution >= 0.6 is 0 Å². The summed E-state index contributed by atoms with van der Waals surface area (Å²) in [5, 5.41) is 2.67. The molecule has 0 fully saturated rings. The number of nitrogens with two attached hydrogens (primary N) is 1. The van der Waals surface area contributed by atoms with E-state index in [1.54, 1.807) is 36.7 Å². The average molecular weight is 214 g/mol. The average Bonchev–Trinajstić information content (AvgIpc) is 2.31. The quantitative estimate of drug-likeness (QED) is 0.789. The minimum atomic E-state index is -0.284. The standard InChI is InChI=1S/C11H10N4O/c12-8-3-4-10(14-6-8)11(16)15-9-2-1-5-13-7-9/h1-7H,12H2,(H,15,16). The van der Waals surface area contributed by atoms with E-state index in [2.05, 4.69) is 15.3 Å². The van der Waals surface area contributed by atoms with Gasteiger partial charge in [0.25, 0.3) is 5.91 Å². The lowest BCUT2D eigenvalue weighted by Gasteiger charge is -2.03. The highest BCUT2D eigenvalue weighted by Gasteiger charge is 2.06. The van der Waals surface area contributed by atoms with Gasteiger partial charge in [-0.05, 0) is 24.3 Å². The molecular formula is C11H10N4O. The zero-order valence-corrected chi connectivity index (χ0v) is 8.42. The summed E-state index contributed by atoms with van der Waals surface area (Å²) in [4.78, 5) is 19.5. The molecule has 0 saturated carbocycles. The highest BCUT2D eigenvalue weighted by atomic mass is 16.1. The second kappa shape index (κ2) is 4.39. The third-order valence-corrected chi connectivity index (χ3v) is 1.94. The Labute approximate surface area is 92.3 Å². The van der Waals surface area contributed by atoms with Crippen molar-refractivity contribution >= 4 is 17.3 Å². The molecule has 2 aromatic heterocycles. The normalized spacial score (nSPS) is 9.75. The Morgan fingerprint density at radius 2 is 2.12 bits per heavy atom. The van der Waals surface area contributed by atoms with Crippen LogP contribution < -0.4 is 11.1 Å². The monoisotopic (exact) mass is 214 g/mol. The Morgan fingerprint density at radius 3 is 2.75 bits per heavy atom. The number of hydrogen-bond donors (Lipinski definition) is 2. The van der Waals surface area contributed by atoms with Crippen LogP contribution in [0.2, 0.25) is 0 Å². The molecule has 0 radical (unpaired) electrons. The van der Waals surface area contributed by atoms with E-state index in [1.165, 1.54) is 6.20 Å². The summed E-state index contributed by atoms with van der Waals surface area (Å²) in [6.07, 6.45) is 4.64. The zero-order valence-electron chi connectivity index (χ0n) is 8.42. The summed E-state index contributed by atoms with van der Waals surface area (Å²) in [7, 11) is 0. The summed E-state index contributed by atoms with van der Waals surface area (Å²) in [5.41, 5.74) is 6.95.